The molecule has 40 heavy (non-hydrogen) atoms. The Morgan fingerprint density at radius 3 is 2.35 bits per heavy atom. The second-order valence-electron chi connectivity index (χ2n) is 9.47. The molecule has 1 aromatic heterocycles. The number of benzene rings is 4. The smallest absolute Gasteiger partial charge is 0.269 e. The molecule has 8 nitrogen and oxygen atoms in total. The van der Waals surface area contributed by atoms with Crippen LogP contribution in [0.1, 0.15) is 26.9 Å². The van der Waals surface area contributed by atoms with E-state index in [-0.39, 0.29) is 23.0 Å². The van der Waals surface area contributed by atoms with Gasteiger partial charge in [0, 0.05) is 11.1 Å². The van der Waals surface area contributed by atoms with Gasteiger partial charge in [-0.25, -0.2) is 9.99 Å². The molecule has 4 aromatic carbocycles. The van der Waals surface area contributed by atoms with Crippen molar-refractivity contribution in [1.82, 2.24) is 20.0 Å². The highest BCUT2D eigenvalue weighted by Crippen LogP contribution is 2.37. The number of rotatable bonds is 5. The molecule has 1 aliphatic heterocycles. The van der Waals surface area contributed by atoms with Gasteiger partial charge in [-0.15, -0.1) is 11.8 Å². The fourth-order valence-corrected chi connectivity index (χ4v) is 5.74. The summed E-state index contributed by atoms with van der Waals surface area (Å²) in [4.78, 5) is 44.2. The standard InChI is InChI=1S/C31H24N4O4S/c1-19-6-8-20(9-7-19)28-32-26-5-3-2-4-25(26)30(39)34(28)23-14-10-21(11-15-23)29(38)33-35-27(37)18-40-31(35)22-12-16-24(36)17-13-22/h2-17,31,36H,18H2,1H3,(H,33,38). The van der Waals surface area contributed by atoms with Gasteiger partial charge in [0.05, 0.1) is 22.3 Å². The molecule has 1 atom stereocenters. The molecule has 5 aromatic rings. The van der Waals surface area contributed by atoms with Gasteiger partial charge in [0.1, 0.15) is 16.9 Å². The molecule has 9 heteroatoms. The van der Waals surface area contributed by atoms with E-state index in [0.29, 0.717) is 28.0 Å². The molecule has 2 N–H and O–H groups in total. The Hall–Kier alpha value is -4.89. The summed E-state index contributed by atoms with van der Waals surface area (Å²) in [6.07, 6.45) is 0. The molecule has 0 spiro atoms. The van der Waals surface area contributed by atoms with Crippen LogP contribution in [-0.4, -0.2) is 37.2 Å². The summed E-state index contributed by atoms with van der Waals surface area (Å²) in [6, 6.07) is 28.2. The van der Waals surface area contributed by atoms with Crippen molar-refractivity contribution in [2.75, 3.05) is 5.75 Å². The van der Waals surface area contributed by atoms with Crippen molar-refractivity contribution in [2.45, 2.75) is 12.3 Å². The van der Waals surface area contributed by atoms with Crippen molar-refractivity contribution < 1.29 is 14.7 Å². The molecule has 1 aliphatic rings. The Balaban J connectivity index is 1.33. The van der Waals surface area contributed by atoms with Gasteiger partial charge in [0.15, 0.2) is 0 Å². The average Bonchev–Trinajstić information content (AvgIpc) is 3.33. The van der Waals surface area contributed by atoms with Gasteiger partial charge in [-0.3, -0.25) is 24.4 Å². The molecule has 0 radical (unpaired) electrons. The van der Waals surface area contributed by atoms with Crippen molar-refractivity contribution in [3.8, 4) is 22.8 Å². The van der Waals surface area contributed by atoms with Gasteiger partial charge >= 0.3 is 0 Å². The molecular weight excluding hydrogens is 524 g/mol. The number of hydrogen-bond acceptors (Lipinski definition) is 6. The summed E-state index contributed by atoms with van der Waals surface area (Å²) in [6.45, 7) is 2.00. The van der Waals surface area contributed by atoms with Gasteiger partial charge < -0.3 is 5.11 Å². The normalized spacial score (nSPS) is 15.0. The third-order valence-corrected chi connectivity index (χ3v) is 7.95. The topological polar surface area (TPSA) is 105 Å². The molecule has 2 amide bonds. The van der Waals surface area contributed by atoms with E-state index >= 15 is 0 Å². The van der Waals surface area contributed by atoms with Crippen LogP contribution in [-0.2, 0) is 4.79 Å². The maximum absolute atomic E-state index is 13.6. The number of thioether (sulfide) groups is 1. The summed E-state index contributed by atoms with van der Waals surface area (Å²) >= 11 is 1.39. The van der Waals surface area contributed by atoms with E-state index in [4.69, 9.17) is 4.98 Å². The van der Waals surface area contributed by atoms with Crippen LogP contribution in [0.2, 0.25) is 0 Å². The first-order chi connectivity index (χ1) is 19.4. The summed E-state index contributed by atoms with van der Waals surface area (Å²) in [5, 5.41) is 11.0. The zero-order valence-electron chi connectivity index (χ0n) is 21.4. The molecule has 1 fully saturated rings. The SMILES string of the molecule is Cc1ccc(-c2nc3ccccc3c(=O)n2-c2ccc(C(=O)NN3C(=O)CSC3c3ccc(O)cc3)cc2)cc1. The second-order valence-corrected chi connectivity index (χ2v) is 10.5. The molecule has 2 heterocycles. The van der Waals surface area contributed by atoms with E-state index < -0.39 is 11.3 Å². The van der Waals surface area contributed by atoms with Gasteiger partial charge in [-0.2, -0.15) is 0 Å². The number of hydrazine groups is 1. The Bertz CT molecular complexity index is 1800. The number of para-hydroxylation sites is 1. The van der Waals surface area contributed by atoms with Crippen LogP contribution in [0.25, 0.3) is 28.0 Å². The number of aryl methyl sites for hydroxylation is 1. The number of hydrogen-bond donors (Lipinski definition) is 2. The second kappa shape index (κ2) is 10.3. The number of fused-ring (bicyclic) bond motifs is 1. The molecule has 1 unspecified atom stereocenters. The lowest BCUT2D eigenvalue weighted by molar-refractivity contribution is -0.130. The lowest BCUT2D eigenvalue weighted by atomic mass is 10.1. The minimum absolute atomic E-state index is 0.125. The maximum Gasteiger partial charge on any atom is 0.269 e. The Labute approximate surface area is 233 Å². The summed E-state index contributed by atoms with van der Waals surface area (Å²) < 4.78 is 1.55. The minimum Gasteiger partial charge on any atom is -0.508 e. The number of nitrogens with one attached hydrogen (secondary N) is 1. The Morgan fingerprint density at radius 1 is 0.925 bits per heavy atom. The highest BCUT2D eigenvalue weighted by molar-refractivity contribution is 8.00. The maximum atomic E-state index is 13.6. The molecular formula is C31H24N4O4S. The molecule has 6 rings (SSSR count). The minimum atomic E-state index is -0.450. The number of carbonyl (C=O) groups is 2. The fourth-order valence-electron chi connectivity index (χ4n) is 4.63. The van der Waals surface area contributed by atoms with Gasteiger partial charge in [0.2, 0.25) is 0 Å². The zero-order valence-corrected chi connectivity index (χ0v) is 22.3. The molecule has 0 aliphatic carbocycles. The average molecular weight is 549 g/mol. The first kappa shape index (κ1) is 25.4. The van der Waals surface area contributed by atoms with Crippen molar-refractivity contribution in [3.63, 3.8) is 0 Å². The summed E-state index contributed by atoms with van der Waals surface area (Å²) in [7, 11) is 0. The van der Waals surface area contributed by atoms with E-state index in [1.165, 1.54) is 16.8 Å². The van der Waals surface area contributed by atoms with Crippen LogP contribution in [0.15, 0.2) is 102 Å². The number of carbonyl (C=O) groups excluding carboxylic acids is 2. The van der Waals surface area contributed by atoms with Crippen molar-refractivity contribution in [3.05, 3.63) is 124 Å². The van der Waals surface area contributed by atoms with E-state index in [1.807, 2.05) is 43.3 Å². The number of amides is 2. The summed E-state index contributed by atoms with van der Waals surface area (Å²) in [5.41, 5.74) is 6.68. The number of phenols is 1. The lowest BCUT2D eigenvalue weighted by Crippen LogP contribution is -2.44. The van der Waals surface area contributed by atoms with Gasteiger partial charge in [-0.05, 0) is 61.0 Å². The van der Waals surface area contributed by atoms with Crippen LogP contribution in [0.3, 0.4) is 0 Å². The quantitative estimate of drug-likeness (QED) is 0.321. The monoisotopic (exact) mass is 548 g/mol. The van der Waals surface area contributed by atoms with Crippen LogP contribution in [0, 0.1) is 6.92 Å². The summed E-state index contributed by atoms with van der Waals surface area (Å²) in [5.74, 6) is 0.181. The Kier molecular flexibility index (Phi) is 6.57. The Morgan fingerprint density at radius 2 is 1.62 bits per heavy atom. The van der Waals surface area contributed by atoms with Crippen LogP contribution in [0.4, 0.5) is 0 Å². The van der Waals surface area contributed by atoms with Crippen LogP contribution < -0.4 is 11.0 Å². The van der Waals surface area contributed by atoms with Crippen LogP contribution >= 0.6 is 11.8 Å². The number of aromatic nitrogens is 2. The van der Waals surface area contributed by atoms with Crippen molar-refractivity contribution >= 4 is 34.5 Å². The largest absolute Gasteiger partial charge is 0.508 e. The number of nitrogens with zero attached hydrogens (tertiary/aromatic N) is 3. The van der Waals surface area contributed by atoms with Crippen molar-refractivity contribution in [1.29, 1.82) is 0 Å². The predicted molar refractivity (Wildman–Crippen MR) is 155 cm³/mol. The molecule has 198 valence electrons. The van der Waals surface area contributed by atoms with E-state index in [9.17, 15) is 19.5 Å². The fraction of sp³-hybridized carbons (Fsp3) is 0.0968. The van der Waals surface area contributed by atoms with E-state index in [2.05, 4.69) is 5.43 Å². The third kappa shape index (κ3) is 4.71. The molecule has 0 saturated carbocycles. The molecule has 1 saturated heterocycles. The first-order valence-electron chi connectivity index (χ1n) is 12.6. The highest BCUT2D eigenvalue weighted by Gasteiger charge is 2.34. The molecule has 0 bridgehead atoms. The number of phenolic OH excluding ortho intramolecular Hbond substituents is 1. The number of aromatic hydroxyl groups is 1. The first-order valence-corrected chi connectivity index (χ1v) is 13.7. The lowest BCUT2D eigenvalue weighted by Gasteiger charge is -2.24. The van der Waals surface area contributed by atoms with Crippen LogP contribution in [0.5, 0.6) is 5.75 Å². The van der Waals surface area contributed by atoms with E-state index in [1.54, 1.807) is 65.2 Å². The van der Waals surface area contributed by atoms with E-state index in [0.717, 1.165) is 16.7 Å². The van der Waals surface area contributed by atoms with Gasteiger partial charge in [-0.1, -0.05) is 54.1 Å². The zero-order chi connectivity index (χ0) is 27.8. The highest BCUT2D eigenvalue weighted by atomic mass is 32.2. The predicted octanol–water partition coefficient (Wildman–Crippen LogP) is 4.99. The third-order valence-electron chi connectivity index (χ3n) is 6.74. The van der Waals surface area contributed by atoms with Gasteiger partial charge in [0.25, 0.3) is 17.4 Å². The van der Waals surface area contributed by atoms with Crippen molar-refractivity contribution in [2.24, 2.45) is 0 Å².